The molecule has 1 aromatic carbocycles. The molecule has 2 rings (SSSR count). The summed E-state index contributed by atoms with van der Waals surface area (Å²) in [5.41, 5.74) is -2.44. The first-order valence-electron chi connectivity index (χ1n) is 5.97. The van der Waals surface area contributed by atoms with Crippen LogP contribution in [0.15, 0.2) is 18.2 Å². The molecule has 0 saturated heterocycles. The smallest absolute Gasteiger partial charge is 0.385 e. The fraction of sp³-hybridized carbons (Fsp3) is 0.538. The molecule has 1 fully saturated rings. The normalized spacial score (nSPS) is 27.2. The SMILES string of the molecule is CCOC1CC(O)(c2ccc(C(F)(F)F)c(F)c2)C1. The van der Waals surface area contributed by atoms with Crippen LogP contribution in [0.1, 0.15) is 30.9 Å². The van der Waals surface area contributed by atoms with Crippen LogP contribution in [0.5, 0.6) is 0 Å². The first-order chi connectivity index (χ1) is 8.76. The van der Waals surface area contributed by atoms with Crippen molar-refractivity contribution in [3.8, 4) is 0 Å². The molecule has 19 heavy (non-hydrogen) atoms. The molecule has 1 aliphatic rings. The number of hydrogen-bond donors (Lipinski definition) is 1. The maximum Gasteiger partial charge on any atom is 0.419 e. The lowest BCUT2D eigenvalue weighted by atomic mass is 9.72. The number of halogens is 4. The van der Waals surface area contributed by atoms with Crippen LogP contribution < -0.4 is 0 Å². The van der Waals surface area contributed by atoms with E-state index in [9.17, 15) is 22.7 Å². The van der Waals surface area contributed by atoms with Crippen molar-refractivity contribution in [1.29, 1.82) is 0 Å². The van der Waals surface area contributed by atoms with Gasteiger partial charge in [0.2, 0.25) is 0 Å². The van der Waals surface area contributed by atoms with Crippen molar-refractivity contribution in [2.45, 2.75) is 37.6 Å². The van der Waals surface area contributed by atoms with Gasteiger partial charge in [0.1, 0.15) is 5.82 Å². The average Bonchev–Trinajstić information content (AvgIpc) is 2.25. The van der Waals surface area contributed by atoms with E-state index in [2.05, 4.69) is 0 Å². The second kappa shape index (κ2) is 4.76. The van der Waals surface area contributed by atoms with Crippen LogP contribution in [0.4, 0.5) is 17.6 Å². The Balaban J connectivity index is 2.18. The lowest BCUT2D eigenvalue weighted by molar-refractivity contribution is -0.145. The van der Waals surface area contributed by atoms with Crippen LogP contribution >= 0.6 is 0 Å². The van der Waals surface area contributed by atoms with Crippen LogP contribution in [-0.2, 0) is 16.5 Å². The number of rotatable bonds is 3. The topological polar surface area (TPSA) is 29.5 Å². The van der Waals surface area contributed by atoms with E-state index >= 15 is 0 Å². The van der Waals surface area contributed by atoms with E-state index in [1.54, 1.807) is 0 Å². The van der Waals surface area contributed by atoms with Crippen molar-refractivity contribution in [3.05, 3.63) is 35.1 Å². The van der Waals surface area contributed by atoms with Gasteiger partial charge < -0.3 is 9.84 Å². The van der Waals surface area contributed by atoms with Crippen molar-refractivity contribution < 1.29 is 27.4 Å². The van der Waals surface area contributed by atoms with Gasteiger partial charge in [-0.1, -0.05) is 6.07 Å². The van der Waals surface area contributed by atoms with E-state index in [1.807, 2.05) is 6.92 Å². The summed E-state index contributed by atoms with van der Waals surface area (Å²) in [6.45, 7) is 2.32. The summed E-state index contributed by atoms with van der Waals surface area (Å²) in [6.07, 6.45) is -4.31. The van der Waals surface area contributed by atoms with E-state index in [-0.39, 0.29) is 24.5 Å². The van der Waals surface area contributed by atoms with Crippen molar-refractivity contribution in [3.63, 3.8) is 0 Å². The Morgan fingerprint density at radius 3 is 2.47 bits per heavy atom. The van der Waals surface area contributed by atoms with Gasteiger partial charge in [0.15, 0.2) is 0 Å². The molecule has 1 aliphatic carbocycles. The Morgan fingerprint density at radius 2 is 2.00 bits per heavy atom. The predicted octanol–water partition coefficient (Wildman–Crippen LogP) is 3.23. The van der Waals surface area contributed by atoms with Gasteiger partial charge in [-0.25, -0.2) is 4.39 Å². The van der Waals surface area contributed by atoms with E-state index in [0.29, 0.717) is 12.7 Å². The molecule has 0 bridgehead atoms. The highest BCUT2D eigenvalue weighted by molar-refractivity contribution is 5.32. The molecule has 0 heterocycles. The zero-order chi connectivity index (χ0) is 14.3. The molecule has 0 radical (unpaired) electrons. The fourth-order valence-electron chi connectivity index (χ4n) is 2.32. The van der Waals surface area contributed by atoms with Gasteiger partial charge in [0.25, 0.3) is 0 Å². The molecule has 0 amide bonds. The molecule has 1 saturated carbocycles. The molecule has 0 spiro atoms. The standard InChI is InChI=1S/C13H14F4O2/c1-2-19-9-6-12(18,7-9)8-3-4-10(11(14)5-8)13(15,16)17/h3-5,9,18H,2,6-7H2,1H3. The molecule has 106 valence electrons. The number of benzene rings is 1. The Morgan fingerprint density at radius 1 is 1.37 bits per heavy atom. The average molecular weight is 278 g/mol. The van der Waals surface area contributed by atoms with Gasteiger partial charge in [-0.2, -0.15) is 13.2 Å². The third-order valence-electron chi connectivity index (χ3n) is 3.34. The van der Waals surface area contributed by atoms with Crippen LogP contribution in [0.2, 0.25) is 0 Å². The maximum atomic E-state index is 13.4. The van der Waals surface area contributed by atoms with Crippen LogP contribution in [0, 0.1) is 5.82 Å². The largest absolute Gasteiger partial charge is 0.419 e. The molecule has 0 unspecified atom stereocenters. The Labute approximate surface area is 108 Å². The van der Waals surface area contributed by atoms with Crippen LogP contribution in [0.25, 0.3) is 0 Å². The molecule has 1 aromatic rings. The number of aliphatic hydroxyl groups is 1. The van der Waals surface area contributed by atoms with Crippen LogP contribution in [0.3, 0.4) is 0 Å². The molecule has 0 aliphatic heterocycles. The summed E-state index contributed by atoms with van der Waals surface area (Å²) in [5, 5.41) is 10.2. The monoisotopic (exact) mass is 278 g/mol. The first kappa shape index (κ1) is 14.3. The third kappa shape index (κ3) is 2.74. The quantitative estimate of drug-likeness (QED) is 0.860. The van der Waals surface area contributed by atoms with Gasteiger partial charge in [0.05, 0.1) is 17.3 Å². The molecular formula is C13H14F4O2. The second-order valence-electron chi connectivity index (χ2n) is 4.71. The minimum Gasteiger partial charge on any atom is -0.385 e. The van der Waals surface area contributed by atoms with E-state index in [1.165, 1.54) is 0 Å². The minimum absolute atomic E-state index is 0.125. The van der Waals surface area contributed by atoms with Gasteiger partial charge >= 0.3 is 6.18 Å². The molecular weight excluding hydrogens is 264 g/mol. The molecule has 0 aromatic heterocycles. The fourth-order valence-corrected chi connectivity index (χ4v) is 2.32. The molecule has 1 N–H and O–H groups in total. The third-order valence-corrected chi connectivity index (χ3v) is 3.34. The highest BCUT2D eigenvalue weighted by Gasteiger charge is 2.45. The number of alkyl halides is 3. The van der Waals surface area contributed by atoms with Gasteiger partial charge in [-0.3, -0.25) is 0 Å². The lowest BCUT2D eigenvalue weighted by Gasteiger charge is -2.43. The van der Waals surface area contributed by atoms with Gasteiger partial charge in [-0.05, 0) is 24.6 Å². The summed E-state index contributed by atoms with van der Waals surface area (Å²) in [7, 11) is 0. The van der Waals surface area contributed by atoms with Crippen molar-refractivity contribution in [1.82, 2.24) is 0 Å². The van der Waals surface area contributed by atoms with Crippen molar-refractivity contribution >= 4 is 0 Å². The van der Waals surface area contributed by atoms with Crippen molar-refractivity contribution in [2.75, 3.05) is 6.61 Å². The molecule has 2 nitrogen and oxygen atoms in total. The summed E-state index contributed by atoms with van der Waals surface area (Å²) < 4.78 is 55.9. The number of ether oxygens (including phenoxy) is 1. The summed E-state index contributed by atoms with van der Waals surface area (Å²) in [6, 6.07) is 2.54. The Hall–Kier alpha value is -1.14. The Kier molecular flexibility index (Phi) is 3.57. The zero-order valence-corrected chi connectivity index (χ0v) is 10.3. The van der Waals surface area contributed by atoms with Crippen LogP contribution in [-0.4, -0.2) is 17.8 Å². The highest BCUT2D eigenvalue weighted by Crippen LogP contribution is 2.44. The zero-order valence-electron chi connectivity index (χ0n) is 10.3. The summed E-state index contributed by atoms with van der Waals surface area (Å²) in [4.78, 5) is 0. The first-order valence-corrected chi connectivity index (χ1v) is 5.97. The minimum atomic E-state index is -4.72. The molecule has 6 heteroatoms. The lowest BCUT2D eigenvalue weighted by Crippen LogP contribution is -2.46. The maximum absolute atomic E-state index is 13.4. The van der Waals surface area contributed by atoms with Gasteiger partial charge in [-0.15, -0.1) is 0 Å². The molecule has 0 atom stereocenters. The Bertz CT molecular complexity index is 464. The van der Waals surface area contributed by atoms with Crippen molar-refractivity contribution in [2.24, 2.45) is 0 Å². The second-order valence-corrected chi connectivity index (χ2v) is 4.71. The van der Waals surface area contributed by atoms with E-state index in [4.69, 9.17) is 4.74 Å². The predicted molar refractivity (Wildman–Crippen MR) is 59.9 cm³/mol. The number of hydrogen-bond acceptors (Lipinski definition) is 2. The van der Waals surface area contributed by atoms with E-state index < -0.39 is 23.2 Å². The summed E-state index contributed by atoms with van der Waals surface area (Å²) >= 11 is 0. The van der Waals surface area contributed by atoms with E-state index in [0.717, 1.165) is 12.1 Å². The highest BCUT2D eigenvalue weighted by atomic mass is 19.4. The summed E-state index contributed by atoms with van der Waals surface area (Å²) in [5.74, 6) is -1.36. The van der Waals surface area contributed by atoms with Gasteiger partial charge in [0, 0.05) is 19.4 Å².